The van der Waals surface area contributed by atoms with E-state index in [1.807, 2.05) is 26.0 Å². The highest BCUT2D eigenvalue weighted by atomic mass is 16.5. The minimum Gasteiger partial charge on any atom is -0.496 e. The van der Waals surface area contributed by atoms with Crippen molar-refractivity contribution in [1.82, 2.24) is 0 Å². The molecule has 1 rings (SSSR count). The predicted molar refractivity (Wildman–Crippen MR) is 77.5 cm³/mol. The summed E-state index contributed by atoms with van der Waals surface area (Å²) in [7, 11) is 1.62. The van der Waals surface area contributed by atoms with Crippen molar-refractivity contribution < 1.29 is 19.4 Å². The van der Waals surface area contributed by atoms with Crippen molar-refractivity contribution in [1.29, 1.82) is 0 Å². The number of hydrogen-bond acceptors (Lipinski definition) is 3. The van der Waals surface area contributed by atoms with Gasteiger partial charge in [0.1, 0.15) is 5.75 Å². The van der Waals surface area contributed by atoms with Crippen LogP contribution in [0.2, 0.25) is 0 Å². The van der Waals surface area contributed by atoms with E-state index in [0.29, 0.717) is 18.4 Å². The summed E-state index contributed by atoms with van der Waals surface area (Å²) in [6.45, 7) is 3.85. The summed E-state index contributed by atoms with van der Waals surface area (Å²) in [5.41, 5.74) is 2.63. The zero-order valence-corrected chi connectivity index (χ0v) is 12.4. The van der Waals surface area contributed by atoms with Crippen LogP contribution in [0, 0.1) is 13.8 Å². The van der Waals surface area contributed by atoms with Crippen LogP contribution in [0.5, 0.6) is 5.75 Å². The molecule has 0 atom stereocenters. The van der Waals surface area contributed by atoms with E-state index in [-0.39, 0.29) is 12.2 Å². The molecule has 0 spiro atoms. The van der Waals surface area contributed by atoms with E-state index in [0.717, 1.165) is 29.7 Å². The third kappa shape index (κ3) is 4.68. The second-order valence-corrected chi connectivity index (χ2v) is 5.02. The molecule has 0 aliphatic rings. The van der Waals surface area contributed by atoms with Gasteiger partial charge in [-0.15, -0.1) is 0 Å². The minimum atomic E-state index is -0.780. The summed E-state index contributed by atoms with van der Waals surface area (Å²) in [5, 5.41) is 8.53. The Kier molecular flexibility index (Phi) is 6.22. The molecule has 110 valence electrons. The van der Waals surface area contributed by atoms with Gasteiger partial charge in [-0.25, -0.2) is 0 Å². The molecule has 1 aromatic carbocycles. The van der Waals surface area contributed by atoms with Crippen LogP contribution in [0.3, 0.4) is 0 Å². The molecule has 0 radical (unpaired) electrons. The van der Waals surface area contributed by atoms with Crippen molar-refractivity contribution in [2.45, 2.75) is 46.0 Å². The first-order valence-corrected chi connectivity index (χ1v) is 6.86. The van der Waals surface area contributed by atoms with Gasteiger partial charge < -0.3 is 9.84 Å². The molecule has 0 saturated carbocycles. The van der Waals surface area contributed by atoms with Crippen LogP contribution in [-0.2, 0) is 4.79 Å². The summed E-state index contributed by atoms with van der Waals surface area (Å²) in [5.74, 6) is 0.148. The lowest BCUT2D eigenvalue weighted by atomic mass is 9.99. The fraction of sp³-hybridized carbons (Fsp3) is 0.500. The Morgan fingerprint density at radius 1 is 1.05 bits per heavy atom. The number of aryl methyl sites for hydroxylation is 2. The molecule has 4 nitrogen and oxygen atoms in total. The third-order valence-corrected chi connectivity index (χ3v) is 3.28. The molecule has 4 heteroatoms. The van der Waals surface area contributed by atoms with Gasteiger partial charge in [0.2, 0.25) is 0 Å². The lowest BCUT2D eigenvalue weighted by Crippen LogP contribution is -2.02. The van der Waals surface area contributed by atoms with Crippen LogP contribution in [0.4, 0.5) is 0 Å². The Bertz CT molecular complexity index is 468. The number of carbonyl (C=O) groups is 2. The summed E-state index contributed by atoms with van der Waals surface area (Å²) < 4.78 is 5.28. The molecular weight excluding hydrogens is 256 g/mol. The van der Waals surface area contributed by atoms with Gasteiger partial charge >= 0.3 is 5.97 Å². The van der Waals surface area contributed by atoms with Gasteiger partial charge in [-0.3, -0.25) is 9.59 Å². The number of carboxylic acid groups (broad SMARTS) is 1. The molecule has 0 unspecified atom stereocenters. The second kappa shape index (κ2) is 7.68. The smallest absolute Gasteiger partial charge is 0.303 e. The van der Waals surface area contributed by atoms with Gasteiger partial charge in [-0.1, -0.05) is 6.42 Å². The van der Waals surface area contributed by atoms with Crippen LogP contribution in [0.25, 0.3) is 0 Å². The average Bonchev–Trinajstić information content (AvgIpc) is 2.37. The Morgan fingerprint density at radius 3 is 2.10 bits per heavy atom. The van der Waals surface area contributed by atoms with E-state index in [9.17, 15) is 9.59 Å². The molecule has 20 heavy (non-hydrogen) atoms. The number of benzene rings is 1. The monoisotopic (exact) mass is 278 g/mol. The van der Waals surface area contributed by atoms with E-state index in [1.54, 1.807) is 7.11 Å². The average molecular weight is 278 g/mol. The Labute approximate surface area is 119 Å². The number of ether oxygens (including phenoxy) is 1. The molecule has 0 aromatic heterocycles. The number of unbranched alkanes of at least 4 members (excludes halogenated alkanes) is 2. The van der Waals surface area contributed by atoms with Gasteiger partial charge in [0.25, 0.3) is 0 Å². The summed E-state index contributed by atoms with van der Waals surface area (Å²) in [6, 6.07) is 3.71. The number of rotatable bonds is 8. The third-order valence-electron chi connectivity index (χ3n) is 3.28. The Balaban J connectivity index is 2.54. The maximum atomic E-state index is 12.1. The number of carbonyl (C=O) groups excluding carboxylic acids is 1. The molecule has 0 amide bonds. The number of ketones is 1. The molecule has 1 aromatic rings. The largest absolute Gasteiger partial charge is 0.496 e. The van der Waals surface area contributed by atoms with Gasteiger partial charge in [-0.05, 0) is 49.9 Å². The van der Waals surface area contributed by atoms with Crippen molar-refractivity contribution in [3.8, 4) is 5.75 Å². The molecule has 0 fully saturated rings. The van der Waals surface area contributed by atoms with Crippen LogP contribution >= 0.6 is 0 Å². The summed E-state index contributed by atoms with van der Waals surface area (Å²) >= 11 is 0. The van der Waals surface area contributed by atoms with Crippen molar-refractivity contribution in [3.63, 3.8) is 0 Å². The van der Waals surface area contributed by atoms with Crippen molar-refractivity contribution in [3.05, 3.63) is 28.8 Å². The number of carboxylic acids is 1. The van der Waals surface area contributed by atoms with E-state index in [1.165, 1.54) is 0 Å². The zero-order chi connectivity index (χ0) is 15.1. The lowest BCUT2D eigenvalue weighted by molar-refractivity contribution is -0.137. The first kappa shape index (κ1) is 16.2. The van der Waals surface area contributed by atoms with Crippen molar-refractivity contribution >= 4 is 11.8 Å². The highest BCUT2D eigenvalue weighted by Gasteiger charge is 2.11. The van der Waals surface area contributed by atoms with Crippen LogP contribution in [0.1, 0.15) is 53.6 Å². The van der Waals surface area contributed by atoms with Crippen molar-refractivity contribution in [2.75, 3.05) is 7.11 Å². The first-order valence-electron chi connectivity index (χ1n) is 6.86. The molecule has 0 heterocycles. The molecule has 0 aliphatic heterocycles. The number of aliphatic carboxylic acids is 1. The molecular formula is C16H22O4. The maximum absolute atomic E-state index is 12.1. The van der Waals surface area contributed by atoms with Crippen molar-refractivity contribution in [2.24, 2.45) is 0 Å². The van der Waals surface area contributed by atoms with E-state index in [4.69, 9.17) is 9.84 Å². The van der Waals surface area contributed by atoms with E-state index in [2.05, 4.69) is 0 Å². The molecule has 0 saturated heterocycles. The topological polar surface area (TPSA) is 63.6 Å². The quantitative estimate of drug-likeness (QED) is 0.583. The maximum Gasteiger partial charge on any atom is 0.303 e. The Hall–Kier alpha value is -1.84. The minimum absolute atomic E-state index is 0.106. The predicted octanol–water partition coefficient (Wildman–Crippen LogP) is 3.53. The number of methoxy groups -OCH3 is 1. The van der Waals surface area contributed by atoms with Gasteiger partial charge in [0, 0.05) is 18.4 Å². The fourth-order valence-electron chi connectivity index (χ4n) is 2.32. The van der Waals surface area contributed by atoms with Crippen LogP contribution in [-0.4, -0.2) is 24.0 Å². The molecule has 0 aliphatic carbocycles. The highest BCUT2D eigenvalue weighted by molar-refractivity contribution is 5.96. The number of Topliss-reactive ketones (excluding diaryl/α,β-unsaturated/α-hetero) is 1. The Morgan fingerprint density at radius 2 is 1.60 bits per heavy atom. The molecule has 1 N–H and O–H groups in total. The number of hydrogen-bond donors (Lipinski definition) is 1. The van der Waals surface area contributed by atoms with E-state index < -0.39 is 5.97 Å². The van der Waals surface area contributed by atoms with Gasteiger partial charge in [0.15, 0.2) is 5.78 Å². The van der Waals surface area contributed by atoms with Crippen LogP contribution in [0.15, 0.2) is 12.1 Å². The zero-order valence-electron chi connectivity index (χ0n) is 12.4. The van der Waals surface area contributed by atoms with Crippen LogP contribution < -0.4 is 4.74 Å². The summed E-state index contributed by atoms with van der Waals surface area (Å²) in [4.78, 5) is 22.5. The highest BCUT2D eigenvalue weighted by Crippen LogP contribution is 2.25. The fourth-order valence-corrected chi connectivity index (χ4v) is 2.32. The standard InChI is InChI=1S/C16H22O4/c1-11-9-13(10-12(2)16(11)20-3)14(17)7-5-4-6-8-15(18)19/h9-10H,4-8H2,1-3H3,(H,18,19). The SMILES string of the molecule is COc1c(C)cc(C(=O)CCCCCC(=O)O)cc1C. The second-order valence-electron chi connectivity index (χ2n) is 5.02. The lowest BCUT2D eigenvalue weighted by Gasteiger charge is -2.10. The van der Waals surface area contributed by atoms with E-state index >= 15 is 0 Å². The summed E-state index contributed by atoms with van der Waals surface area (Å²) in [6.07, 6.45) is 2.77. The normalized spacial score (nSPS) is 10.3. The van der Waals surface area contributed by atoms with Gasteiger partial charge in [-0.2, -0.15) is 0 Å². The first-order chi connectivity index (χ1) is 9.45. The van der Waals surface area contributed by atoms with Gasteiger partial charge in [0.05, 0.1) is 7.11 Å². The molecule has 0 bridgehead atoms.